The Labute approximate surface area is 144 Å². The molecule has 4 nitrogen and oxygen atoms in total. The minimum absolute atomic E-state index is 0.0104. The van der Waals surface area contributed by atoms with E-state index in [1.165, 1.54) is 22.9 Å². The van der Waals surface area contributed by atoms with Gasteiger partial charge in [0.05, 0.1) is 11.5 Å². The van der Waals surface area contributed by atoms with Gasteiger partial charge in [-0.15, -0.1) is 11.8 Å². The molecule has 1 aromatic rings. The van der Waals surface area contributed by atoms with Crippen molar-refractivity contribution in [1.82, 2.24) is 10.2 Å². The first-order chi connectivity index (χ1) is 10.6. The van der Waals surface area contributed by atoms with Crippen LogP contribution in [0, 0.1) is 6.92 Å². The van der Waals surface area contributed by atoms with Gasteiger partial charge < -0.3 is 5.32 Å². The summed E-state index contributed by atoms with van der Waals surface area (Å²) >= 11 is 8.05. The number of benzene rings is 1. The van der Waals surface area contributed by atoms with E-state index in [0.29, 0.717) is 28.9 Å². The highest BCUT2D eigenvalue weighted by Crippen LogP contribution is 2.18. The molecule has 22 heavy (non-hydrogen) atoms. The minimum atomic E-state index is -0.0104. The number of nitrogens with zero attached hydrogens (tertiary/aromatic N) is 1. The van der Waals surface area contributed by atoms with E-state index in [0.717, 1.165) is 5.75 Å². The second-order valence-electron chi connectivity index (χ2n) is 4.87. The molecule has 1 fully saturated rings. The van der Waals surface area contributed by atoms with Crippen LogP contribution in [0.3, 0.4) is 0 Å². The largest absolute Gasteiger partial charge is 0.354 e. The number of hydrogen-bond acceptors (Lipinski definition) is 5. The molecule has 0 saturated carbocycles. The van der Waals surface area contributed by atoms with Crippen molar-refractivity contribution in [2.24, 2.45) is 0 Å². The first-order valence-corrected chi connectivity index (χ1v) is 9.49. The van der Waals surface area contributed by atoms with Crippen LogP contribution in [0.4, 0.5) is 0 Å². The molecule has 1 aliphatic rings. The standard InChI is InChI=1S/C15H18N2O2S3/c1-11-4-2-3-5-12(11)8-21-9-13(18)16-6-7-17-14(19)10-22-15(17)20/h2-5H,6-10H2,1H3,(H,16,18). The van der Waals surface area contributed by atoms with Gasteiger partial charge >= 0.3 is 0 Å². The number of hydrogen-bond donors (Lipinski definition) is 1. The third-order valence-corrected chi connectivity index (χ3v) is 5.66. The number of nitrogens with one attached hydrogen (secondary N) is 1. The zero-order valence-corrected chi connectivity index (χ0v) is 14.8. The second kappa shape index (κ2) is 8.55. The minimum Gasteiger partial charge on any atom is -0.354 e. The first kappa shape index (κ1) is 17.3. The van der Waals surface area contributed by atoms with Crippen molar-refractivity contribution in [1.29, 1.82) is 0 Å². The molecule has 1 aliphatic heterocycles. The number of thioether (sulfide) groups is 2. The van der Waals surface area contributed by atoms with Crippen LogP contribution in [0.25, 0.3) is 0 Å². The molecule has 1 heterocycles. The topological polar surface area (TPSA) is 49.4 Å². The van der Waals surface area contributed by atoms with Crippen LogP contribution < -0.4 is 5.32 Å². The van der Waals surface area contributed by atoms with Crippen molar-refractivity contribution in [3.63, 3.8) is 0 Å². The molecule has 0 atom stereocenters. The van der Waals surface area contributed by atoms with Gasteiger partial charge in [0.25, 0.3) is 0 Å². The van der Waals surface area contributed by atoms with Crippen molar-refractivity contribution >= 4 is 51.9 Å². The summed E-state index contributed by atoms with van der Waals surface area (Å²) in [6.07, 6.45) is 0. The lowest BCUT2D eigenvalue weighted by Gasteiger charge is -2.15. The van der Waals surface area contributed by atoms with E-state index in [4.69, 9.17) is 12.2 Å². The molecule has 0 aromatic heterocycles. The van der Waals surface area contributed by atoms with E-state index in [2.05, 4.69) is 24.4 Å². The summed E-state index contributed by atoms with van der Waals surface area (Å²) in [6, 6.07) is 8.18. The maximum Gasteiger partial charge on any atom is 0.238 e. The van der Waals surface area contributed by atoms with E-state index < -0.39 is 0 Å². The molecule has 0 aliphatic carbocycles. The molecular weight excluding hydrogens is 336 g/mol. The molecule has 2 rings (SSSR count). The third-order valence-electron chi connectivity index (χ3n) is 3.25. The molecule has 0 unspecified atom stereocenters. The van der Waals surface area contributed by atoms with Gasteiger partial charge in [-0.3, -0.25) is 14.5 Å². The Morgan fingerprint density at radius 1 is 1.45 bits per heavy atom. The van der Waals surface area contributed by atoms with Crippen LogP contribution in [0.5, 0.6) is 0 Å². The highest BCUT2D eigenvalue weighted by atomic mass is 32.2. The number of carbonyl (C=O) groups is 2. The summed E-state index contributed by atoms with van der Waals surface area (Å²) in [5.74, 6) is 1.67. The highest BCUT2D eigenvalue weighted by Gasteiger charge is 2.25. The lowest BCUT2D eigenvalue weighted by molar-refractivity contribution is -0.124. The van der Waals surface area contributed by atoms with Gasteiger partial charge in [-0.1, -0.05) is 48.2 Å². The Bertz CT molecular complexity index is 562. The molecule has 118 valence electrons. The highest BCUT2D eigenvalue weighted by molar-refractivity contribution is 8.23. The van der Waals surface area contributed by atoms with Crippen molar-refractivity contribution in [3.8, 4) is 0 Å². The fraction of sp³-hybridized carbons (Fsp3) is 0.400. The predicted octanol–water partition coefficient (Wildman–Crippen LogP) is 2.20. The van der Waals surface area contributed by atoms with Gasteiger partial charge in [-0.25, -0.2) is 0 Å². The summed E-state index contributed by atoms with van der Waals surface area (Å²) in [4.78, 5) is 24.9. The molecule has 0 radical (unpaired) electrons. The van der Waals surface area contributed by atoms with Crippen LogP contribution in [0.15, 0.2) is 24.3 Å². The van der Waals surface area contributed by atoms with Gasteiger partial charge in [-0.2, -0.15) is 0 Å². The predicted molar refractivity (Wildman–Crippen MR) is 97.1 cm³/mol. The Morgan fingerprint density at radius 2 is 2.23 bits per heavy atom. The zero-order valence-electron chi connectivity index (χ0n) is 12.3. The Morgan fingerprint density at radius 3 is 2.91 bits per heavy atom. The summed E-state index contributed by atoms with van der Waals surface area (Å²) in [6.45, 7) is 2.97. The molecule has 1 aromatic carbocycles. The smallest absolute Gasteiger partial charge is 0.238 e. The molecule has 2 amide bonds. The van der Waals surface area contributed by atoms with E-state index >= 15 is 0 Å². The van der Waals surface area contributed by atoms with Crippen LogP contribution in [0.2, 0.25) is 0 Å². The van der Waals surface area contributed by atoms with Crippen molar-refractivity contribution < 1.29 is 9.59 Å². The normalized spacial score (nSPS) is 14.5. The van der Waals surface area contributed by atoms with Gasteiger partial charge in [-0.05, 0) is 18.1 Å². The maximum atomic E-state index is 11.8. The Balaban J connectivity index is 1.63. The number of rotatable bonds is 7. The average molecular weight is 355 g/mol. The van der Waals surface area contributed by atoms with E-state index in [1.807, 2.05) is 12.1 Å². The molecule has 0 spiro atoms. The van der Waals surface area contributed by atoms with Gasteiger partial charge in [0, 0.05) is 18.8 Å². The summed E-state index contributed by atoms with van der Waals surface area (Å²) in [5, 5.41) is 2.83. The van der Waals surface area contributed by atoms with Crippen molar-refractivity contribution in [3.05, 3.63) is 35.4 Å². The Kier molecular flexibility index (Phi) is 6.72. The molecule has 7 heteroatoms. The monoisotopic (exact) mass is 354 g/mol. The number of thiocarbonyl (C=S) groups is 1. The van der Waals surface area contributed by atoms with Gasteiger partial charge in [0.1, 0.15) is 4.32 Å². The lowest BCUT2D eigenvalue weighted by atomic mass is 10.1. The van der Waals surface area contributed by atoms with E-state index in [1.54, 1.807) is 16.7 Å². The van der Waals surface area contributed by atoms with Crippen LogP contribution >= 0.6 is 35.7 Å². The maximum absolute atomic E-state index is 11.8. The fourth-order valence-corrected chi connectivity index (χ4v) is 4.04. The van der Waals surface area contributed by atoms with Crippen molar-refractivity contribution in [2.45, 2.75) is 12.7 Å². The fourth-order valence-electron chi connectivity index (χ4n) is 1.98. The summed E-state index contributed by atoms with van der Waals surface area (Å²) < 4.78 is 0.605. The summed E-state index contributed by atoms with van der Waals surface area (Å²) in [7, 11) is 0. The average Bonchev–Trinajstić information content (AvgIpc) is 2.81. The lowest BCUT2D eigenvalue weighted by Crippen LogP contribution is -2.37. The molecule has 1 saturated heterocycles. The van der Waals surface area contributed by atoms with E-state index in [-0.39, 0.29) is 11.8 Å². The second-order valence-corrected chi connectivity index (χ2v) is 7.46. The molecule has 0 bridgehead atoms. The van der Waals surface area contributed by atoms with E-state index in [9.17, 15) is 9.59 Å². The Hall–Kier alpha value is -1.05. The quantitative estimate of drug-likeness (QED) is 0.761. The molecule has 1 N–H and O–H groups in total. The third kappa shape index (κ3) is 5.00. The first-order valence-electron chi connectivity index (χ1n) is 6.94. The van der Waals surface area contributed by atoms with Crippen LogP contribution in [-0.4, -0.2) is 45.6 Å². The van der Waals surface area contributed by atoms with Crippen LogP contribution in [0.1, 0.15) is 11.1 Å². The SMILES string of the molecule is Cc1ccccc1CSCC(=O)NCCN1C(=O)CSC1=S. The number of carbonyl (C=O) groups excluding carboxylic acids is 2. The summed E-state index contributed by atoms with van der Waals surface area (Å²) in [5.41, 5.74) is 2.50. The number of amides is 2. The molecular formula is C15H18N2O2S3. The van der Waals surface area contributed by atoms with Crippen molar-refractivity contribution in [2.75, 3.05) is 24.6 Å². The van der Waals surface area contributed by atoms with Gasteiger partial charge in [0.2, 0.25) is 11.8 Å². The van der Waals surface area contributed by atoms with Gasteiger partial charge in [0.15, 0.2) is 0 Å². The van der Waals surface area contributed by atoms with Crippen LogP contribution in [-0.2, 0) is 15.3 Å². The zero-order chi connectivity index (χ0) is 15.9. The number of aryl methyl sites for hydroxylation is 1.